The van der Waals surface area contributed by atoms with Crippen LogP contribution in [0.3, 0.4) is 0 Å². The van der Waals surface area contributed by atoms with Crippen molar-refractivity contribution in [2.24, 2.45) is 5.41 Å². The van der Waals surface area contributed by atoms with E-state index >= 15 is 0 Å². The van der Waals surface area contributed by atoms with Crippen molar-refractivity contribution in [3.05, 3.63) is 23.3 Å². The van der Waals surface area contributed by atoms with Crippen molar-refractivity contribution < 1.29 is 14.3 Å². The first-order valence-electron chi connectivity index (χ1n) is 9.18. The molecule has 2 fully saturated rings. The second-order valence-corrected chi connectivity index (χ2v) is 8.55. The number of carbonyl (C=O) groups is 2. The number of aromatic nitrogens is 1. The number of methoxy groups -OCH3 is 1. The van der Waals surface area contributed by atoms with Crippen LogP contribution in [0.4, 0.5) is 5.13 Å². The van der Waals surface area contributed by atoms with Crippen molar-refractivity contribution >= 4 is 38.5 Å². The third-order valence-electron chi connectivity index (χ3n) is 5.76. The largest absolute Gasteiger partial charge is 0.383 e. The number of anilines is 1. The number of nitrogens with zero attached hydrogens (tertiary/aromatic N) is 3. The predicted molar refractivity (Wildman–Crippen MR) is 105 cm³/mol. The fraction of sp³-hybridized carbons (Fsp3) is 0.526. The summed E-state index contributed by atoms with van der Waals surface area (Å²) < 4.78 is 6.02. The summed E-state index contributed by atoms with van der Waals surface area (Å²) in [7, 11) is 1.64. The Balaban J connectivity index is 1.52. The number of aryl methyl sites for hydroxylation is 1. The standard InChI is InChI=1S/C19H24N4O3S/c1-12-9-13(10-14-15(12)21-18(20)27-14)16(24)23-6-4-19(11-23)3-5-22(17(19)25)7-8-26-2/h9-10H,3-8,11H2,1-2H3,(H2,20,21). The van der Waals surface area contributed by atoms with E-state index in [9.17, 15) is 9.59 Å². The Kier molecular flexibility index (Phi) is 4.55. The lowest BCUT2D eigenvalue weighted by atomic mass is 9.85. The summed E-state index contributed by atoms with van der Waals surface area (Å²) in [5.74, 6) is 0.142. The van der Waals surface area contributed by atoms with Gasteiger partial charge in [0.15, 0.2) is 5.13 Å². The molecule has 2 aromatic rings. The lowest BCUT2D eigenvalue weighted by molar-refractivity contribution is -0.135. The van der Waals surface area contributed by atoms with E-state index in [-0.39, 0.29) is 11.8 Å². The van der Waals surface area contributed by atoms with E-state index in [1.54, 1.807) is 7.11 Å². The Labute approximate surface area is 162 Å². The molecule has 7 nitrogen and oxygen atoms in total. The lowest BCUT2D eigenvalue weighted by Gasteiger charge is -2.23. The number of likely N-dealkylation sites (tertiary alicyclic amines) is 2. The third kappa shape index (κ3) is 3.06. The van der Waals surface area contributed by atoms with Gasteiger partial charge in [-0.1, -0.05) is 11.3 Å². The summed E-state index contributed by atoms with van der Waals surface area (Å²) in [5.41, 5.74) is 7.83. The Bertz CT molecular complexity index is 912. The zero-order chi connectivity index (χ0) is 19.2. The van der Waals surface area contributed by atoms with Crippen LogP contribution in [0.1, 0.15) is 28.8 Å². The minimum atomic E-state index is -0.419. The molecule has 1 aromatic carbocycles. The molecule has 4 rings (SSSR count). The highest BCUT2D eigenvalue weighted by atomic mass is 32.1. The van der Waals surface area contributed by atoms with Crippen molar-refractivity contribution in [1.29, 1.82) is 0 Å². The van der Waals surface area contributed by atoms with Crippen LogP contribution in [0.5, 0.6) is 0 Å². The number of nitrogen functional groups attached to an aromatic ring is 1. The number of nitrogens with two attached hydrogens (primary N) is 1. The molecule has 1 spiro atoms. The highest BCUT2D eigenvalue weighted by Gasteiger charge is 2.51. The Morgan fingerprint density at radius 3 is 2.93 bits per heavy atom. The molecule has 8 heteroatoms. The SMILES string of the molecule is COCCN1CCC2(CCN(C(=O)c3cc(C)c4nc(N)sc4c3)C2)C1=O. The number of fused-ring (bicyclic) bond motifs is 1. The van der Waals surface area contributed by atoms with Gasteiger partial charge in [-0.15, -0.1) is 0 Å². The number of carbonyl (C=O) groups excluding carboxylic acids is 2. The van der Waals surface area contributed by atoms with Crippen LogP contribution >= 0.6 is 11.3 Å². The van der Waals surface area contributed by atoms with Gasteiger partial charge in [0.1, 0.15) is 0 Å². The van der Waals surface area contributed by atoms with Crippen LogP contribution in [0.15, 0.2) is 12.1 Å². The number of ether oxygens (including phenoxy) is 1. The highest BCUT2D eigenvalue weighted by molar-refractivity contribution is 7.22. The zero-order valence-electron chi connectivity index (χ0n) is 15.7. The summed E-state index contributed by atoms with van der Waals surface area (Å²) in [6.07, 6.45) is 1.54. The summed E-state index contributed by atoms with van der Waals surface area (Å²) in [6, 6.07) is 3.74. The van der Waals surface area contributed by atoms with Gasteiger partial charge < -0.3 is 20.3 Å². The molecule has 2 aliphatic heterocycles. The smallest absolute Gasteiger partial charge is 0.253 e. The maximum atomic E-state index is 13.1. The summed E-state index contributed by atoms with van der Waals surface area (Å²) >= 11 is 1.39. The van der Waals surface area contributed by atoms with E-state index < -0.39 is 5.41 Å². The molecule has 0 aliphatic carbocycles. The molecule has 2 amide bonds. The monoisotopic (exact) mass is 388 g/mol. The molecule has 2 saturated heterocycles. The average molecular weight is 388 g/mol. The van der Waals surface area contributed by atoms with Crippen molar-refractivity contribution in [3.63, 3.8) is 0 Å². The molecule has 1 atom stereocenters. The van der Waals surface area contributed by atoms with Gasteiger partial charge in [-0.25, -0.2) is 4.98 Å². The van der Waals surface area contributed by atoms with E-state index in [0.717, 1.165) is 35.2 Å². The van der Waals surface area contributed by atoms with Crippen LogP contribution in [0.25, 0.3) is 10.2 Å². The van der Waals surface area contributed by atoms with Crippen LogP contribution in [-0.4, -0.2) is 66.5 Å². The van der Waals surface area contributed by atoms with E-state index in [4.69, 9.17) is 10.5 Å². The van der Waals surface area contributed by atoms with E-state index in [0.29, 0.717) is 36.9 Å². The average Bonchev–Trinajstić information content (AvgIpc) is 3.32. The first-order chi connectivity index (χ1) is 12.9. The van der Waals surface area contributed by atoms with Gasteiger partial charge in [-0.2, -0.15) is 0 Å². The van der Waals surface area contributed by atoms with Crippen LogP contribution in [0, 0.1) is 12.3 Å². The topological polar surface area (TPSA) is 88.8 Å². The van der Waals surface area contributed by atoms with Gasteiger partial charge in [0.25, 0.3) is 5.91 Å². The first-order valence-corrected chi connectivity index (χ1v) is 9.99. The van der Waals surface area contributed by atoms with Crippen molar-refractivity contribution in [2.75, 3.05) is 45.6 Å². The van der Waals surface area contributed by atoms with Crippen LogP contribution in [-0.2, 0) is 9.53 Å². The van der Waals surface area contributed by atoms with E-state index in [1.165, 1.54) is 11.3 Å². The number of benzene rings is 1. The molecule has 27 heavy (non-hydrogen) atoms. The fourth-order valence-corrected chi connectivity index (χ4v) is 5.10. The van der Waals surface area contributed by atoms with E-state index in [2.05, 4.69) is 4.98 Å². The second-order valence-electron chi connectivity index (χ2n) is 7.48. The summed E-state index contributed by atoms with van der Waals surface area (Å²) in [5, 5.41) is 0.505. The summed E-state index contributed by atoms with van der Waals surface area (Å²) in [6.45, 7) is 4.96. The molecular weight excluding hydrogens is 364 g/mol. The molecule has 144 valence electrons. The van der Waals surface area contributed by atoms with Gasteiger partial charge in [0.05, 0.1) is 22.2 Å². The molecule has 0 bridgehead atoms. The zero-order valence-corrected chi connectivity index (χ0v) is 16.5. The van der Waals surface area contributed by atoms with Crippen LogP contribution < -0.4 is 5.73 Å². The Morgan fingerprint density at radius 1 is 1.37 bits per heavy atom. The molecule has 3 heterocycles. The van der Waals surface area contributed by atoms with Crippen molar-refractivity contribution in [2.45, 2.75) is 19.8 Å². The van der Waals surface area contributed by atoms with Gasteiger partial charge in [0, 0.05) is 38.9 Å². The number of hydrogen-bond donors (Lipinski definition) is 1. The molecule has 0 saturated carbocycles. The lowest BCUT2D eigenvalue weighted by Crippen LogP contribution is -2.39. The Hall–Kier alpha value is -2.19. The minimum Gasteiger partial charge on any atom is -0.383 e. The van der Waals surface area contributed by atoms with Gasteiger partial charge in [0.2, 0.25) is 5.91 Å². The molecular formula is C19H24N4O3S. The molecule has 1 aromatic heterocycles. The normalized spacial score (nSPS) is 22.5. The third-order valence-corrected chi connectivity index (χ3v) is 6.59. The van der Waals surface area contributed by atoms with Crippen LogP contribution in [0.2, 0.25) is 0 Å². The number of hydrogen-bond acceptors (Lipinski definition) is 6. The summed E-state index contributed by atoms with van der Waals surface area (Å²) in [4.78, 5) is 34.0. The minimum absolute atomic E-state index is 0.0213. The quantitative estimate of drug-likeness (QED) is 0.864. The Morgan fingerprint density at radius 2 is 2.15 bits per heavy atom. The number of rotatable bonds is 4. The maximum Gasteiger partial charge on any atom is 0.253 e. The number of amides is 2. The van der Waals surface area contributed by atoms with E-state index in [1.807, 2.05) is 28.9 Å². The second kappa shape index (κ2) is 6.76. The fourth-order valence-electron chi connectivity index (χ4n) is 4.25. The van der Waals surface area contributed by atoms with Gasteiger partial charge in [-0.3, -0.25) is 9.59 Å². The molecule has 0 radical (unpaired) electrons. The molecule has 2 N–H and O–H groups in total. The van der Waals surface area contributed by atoms with Crippen molar-refractivity contribution in [1.82, 2.24) is 14.8 Å². The van der Waals surface area contributed by atoms with Gasteiger partial charge in [-0.05, 0) is 37.5 Å². The highest BCUT2D eigenvalue weighted by Crippen LogP contribution is 2.41. The molecule has 2 aliphatic rings. The number of thiazole rings is 1. The first kappa shape index (κ1) is 18.2. The molecule has 1 unspecified atom stereocenters. The predicted octanol–water partition coefficient (Wildman–Crippen LogP) is 1.90. The van der Waals surface area contributed by atoms with Crippen molar-refractivity contribution in [3.8, 4) is 0 Å². The maximum absolute atomic E-state index is 13.1. The van der Waals surface area contributed by atoms with Gasteiger partial charge >= 0.3 is 0 Å².